The number of hydrogen-bond acceptors (Lipinski definition) is 1. The van der Waals surface area contributed by atoms with Crippen LogP contribution in [0.25, 0.3) is 0 Å². The Labute approximate surface area is 99.7 Å². The lowest BCUT2D eigenvalue weighted by Gasteiger charge is -2.04. The van der Waals surface area contributed by atoms with Gasteiger partial charge in [-0.15, -0.1) is 0 Å². The Morgan fingerprint density at radius 3 is 1.94 bits per heavy atom. The molecule has 2 heteroatoms. The van der Waals surface area contributed by atoms with E-state index >= 15 is 0 Å². The second kappa shape index (κ2) is 9.44. The van der Waals surface area contributed by atoms with E-state index in [0.717, 1.165) is 18.4 Å². The first-order chi connectivity index (χ1) is 7.59. The van der Waals surface area contributed by atoms with Crippen LogP contribution in [-0.4, -0.2) is 11.1 Å². The molecule has 1 N–H and O–H groups in total. The van der Waals surface area contributed by atoms with Crippen LogP contribution in [0.15, 0.2) is 11.1 Å². The Morgan fingerprint density at radius 1 is 0.938 bits per heavy atom. The molecule has 0 fully saturated rings. The van der Waals surface area contributed by atoms with E-state index in [1.54, 1.807) is 6.92 Å². The molecule has 0 amide bonds. The third-order valence-electron chi connectivity index (χ3n) is 3.12. The predicted octanol–water partition coefficient (Wildman–Crippen LogP) is 4.55. The Balaban J connectivity index is 3.52. The minimum Gasteiger partial charge on any atom is -0.478 e. The van der Waals surface area contributed by atoms with Gasteiger partial charge in [0.05, 0.1) is 0 Å². The summed E-state index contributed by atoms with van der Waals surface area (Å²) in [7, 11) is 0. The molecule has 0 radical (unpaired) electrons. The van der Waals surface area contributed by atoms with Crippen molar-refractivity contribution in [1.29, 1.82) is 0 Å². The molecule has 0 spiro atoms. The predicted molar refractivity (Wildman–Crippen MR) is 68.6 cm³/mol. The third-order valence-corrected chi connectivity index (χ3v) is 3.12. The molecule has 0 unspecified atom stereocenters. The Morgan fingerprint density at radius 2 is 1.44 bits per heavy atom. The van der Waals surface area contributed by atoms with Gasteiger partial charge in [-0.05, 0) is 26.7 Å². The molecule has 0 aromatic heterocycles. The van der Waals surface area contributed by atoms with E-state index < -0.39 is 5.97 Å². The minimum absolute atomic E-state index is 0.519. The van der Waals surface area contributed by atoms with Crippen LogP contribution in [0.2, 0.25) is 0 Å². The molecule has 0 rings (SSSR count). The van der Waals surface area contributed by atoms with Crippen molar-refractivity contribution >= 4 is 5.97 Å². The summed E-state index contributed by atoms with van der Waals surface area (Å²) in [5.74, 6) is -0.777. The summed E-state index contributed by atoms with van der Waals surface area (Å²) in [6.07, 6.45) is 9.90. The zero-order chi connectivity index (χ0) is 12.4. The maximum absolute atomic E-state index is 10.7. The molecule has 0 atom stereocenters. The third kappa shape index (κ3) is 7.49. The van der Waals surface area contributed by atoms with Crippen molar-refractivity contribution in [1.82, 2.24) is 0 Å². The number of allylic oxidation sites excluding steroid dienone is 1. The van der Waals surface area contributed by atoms with Gasteiger partial charge in [-0.3, -0.25) is 0 Å². The van der Waals surface area contributed by atoms with Gasteiger partial charge < -0.3 is 5.11 Å². The smallest absolute Gasteiger partial charge is 0.331 e. The fourth-order valence-corrected chi connectivity index (χ4v) is 1.72. The molecule has 0 saturated heterocycles. The highest BCUT2D eigenvalue weighted by Gasteiger charge is 2.04. The first-order valence-electron chi connectivity index (χ1n) is 6.49. The van der Waals surface area contributed by atoms with Crippen molar-refractivity contribution < 1.29 is 9.90 Å². The number of rotatable bonds is 9. The average molecular weight is 226 g/mol. The van der Waals surface area contributed by atoms with Gasteiger partial charge in [0.15, 0.2) is 0 Å². The average Bonchev–Trinajstić information content (AvgIpc) is 2.26. The van der Waals surface area contributed by atoms with Crippen LogP contribution in [0.3, 0.4) is 0 Å². The molecule has 0 aromatic rings. The Kier molecular flexibility index (Phi) is 8.97. The number of carboxylic acid groups (broad SMARTS) is 1. The summed E-state index contributed by atoms with van der Waals surface area (Å²) in [4.78, 5) is 10.7. The van der Waals surface area contributed by atoms with E-state index in [-0.39, 0.29) is 0 Å². The molecule has 94 valence electrons. The lowest BCUT2D eigenvalue weighted by molar-refractivity contribution is -0.132. The molecule has 0 aromatic carbocycles. The van der Waals surface area contributed by atoms with Crippen molar-refractivity contribution in [2.24, 2.45) is 0 Å². The molecular formula is C14H26O2. The first-order valence-corrected chi connectivity index (χ1v) is 6.49. The van der Waals surface area contributed by atoms with Gasteiger partial charge in [0.1, 0.15) is 0 Å². The van der Waals surface area contributed by atoms with Crippen LogP contribution in [0, 0.1) is 0 Å². The molecule has 0 aliphatic heterocycles. The van der Waals surface area contributed by atoms with Crippen molar-refractivity contribution in [3.63, 3.8) is 0 Å². The maximum Gasteiger partial charge on any atom is 0.331 e. The molecule has 0 heterocycles. The lowest BCUT2D eigenvalue weighted by atomic mass is 10.0. The van der Waals surface area contributed by atoms with Crippen LogP contribution in [0.4, 0.5) is 0 Å². The quantitative estimate of drug-likeness (QED) is 0.462. The topological polar surface area (TPSA) is 37.3 Å². The van der Waals surface area contributed by atoms with Gasteiger partial charge in [0, 0.05) is 5.57 Å². The molecular weight excluding hydrogens is 200 g/mol. The first kappa shape index (κ1) is 15.2. The van der Waals surface area contributed by atoms with Gasteiger partial charge in [0.25, 0.3) is 0 Å². The van der Waals surface area contributed by atoms with Crippen molar-refractivity contribution in [3.8, 4) is 0 Å². The van der Waals surface area contributed by atoms with Crippen molar-refractivity contribution in [3.05, 3.63) is 11.1 Å². The summed E-state index contributed by atoms with van der Waals surface area (Å²) < 4.78 is 0. The number of unbranched alkanes of at least 4 members (excludes halogenated alkanes) is 6. The van der Waals surface area contributed by atoms with E-state index in [9.17, 15) is 4.79 Å². The Bertz CT molecular complexity index is 229. The standard InChI is InChI=1S/C14H26O2/c1-4-5-6-7-8-9-10-11-12(2)13(3)14(15)16/h4-11H2,1-3H3,(H,15,16). The number of carboxylic acids is 1. The summed E-state index contributed by atoms with van der Waals surface area (Å²) in [5.41, 5.74) is 1.55. The Hall–Kier alpha value is -0.790. The van der Waals surface area contributed by atoms with Gasteiger partial charge >= 0.3 is 5.97 Å². The highest BCUT2D eigenvalue weighted by Crippen LogP contribution is 2.14. The molecule has 0 saturated carbocycles. The summed E-state index contributed by atoms with van der Waals surface area (Å²) in [6.45, 7) is 5.85. The normalized spacial score (nSPS) is 12.4. The van der Waals surface area contributed by atoms with Gasteiger partial charge in [0.2, 0.25) is 0 Å². The fourth-order valence-electron chi connectivity index (χ4n) is 1.72. The van der Waals surface area contributed by atoms with Crippen LogP contribution < -0.4 is 0 Å². The second-order valence-electron chi connectivity index (χ2n) is 4.58. The largest absolute Gasteiger partial charge is 0.478 e. The highest BCUT2D eigenvalue weighted by atomic mass is 16.4. The molecule has 0 aliphatic rings. The summed E-state index contributed by atoms with van der Waals surface area (Å²) in [6, 6.07) is 0. The van der Waals surface area contributed by atoms with E-state index in [4.69, 9.17) is 5.11 Å². The van der Waals surface area contributed by atoms with Gasteiger partial charge in [-0.1, -0.05) is 51.0 Å². The van der Waals surface area contributed by atoms with E-state index in [2.05, 4.69) is 6.92 Å². The summed E-state index contributed by atoms with van der Waals surface area (Å²) >= 11 is 0. The second-order valence-corrected chi connectivity index (χ2v) is 4.58. The van der Waals surface area contributed by atoms with Crippen LogP contribution in [-0.2, 0) is 4.79 Å². The SMILES string of the molecule is CCCCCCCCCC(C)=C(C)C(=O)O. The van der Waals surface area contributed by atoms with E-state index in [1.165, 1.54) is 38.5 Å². The van der Waals surface area contributed by atoms with E-state index in [0.29, 0.717) is 5.57 Å². The van der Waals surface area contributed by atoms with Gasteiger partial charge in [-0.25, -0.2) is 4.79 Å². The van der Waals surface area contributed by atoms with E-state index in [1.807, 2.05) is 6.92 Å². The van der Waals surface area contributed by atoms with Crippen molar-refractivity contribution in [2.45, 2.75) is 72.1 Å². The number of hydrogen-bond donors (Lipinski definition) is 1. The fraction of sp³-hybridized carbons (Fsp3) is 0.786. The number of carbonyl (C=O) groups is 1. The molecule has 2 nitrogen and oxygen atoms in total. The lowest BCUT2D eigenvalue weighted by Crippen LogP contribution is -1.99. The monoisotopic (exact) mass is 226 g/mol. The van der Waals surface area contributed by atoms with Crippen molar-refractivity contribution in [2.75, 3.05) is 0 Å². The highest BCUT2D eigenvalue weighted by molar-refractivity contribution is 5.86. The zero-order valence-corrected chi connectivity index (χ0v) is 11.0. The van der Waals surface area contributed by atoms with Crippen LogP contribution in [0.5, 0.6) is 0 Å². The van der Waals surface area contributed by atoms with Gasteiger partial charge in [-0.2, -0.15) is 0 Å². The molecule has 0 bridgehead atoms. The molecule has 16 heavy (non-hydrogen) atoms. The zero-order valence-electron chi connectivity index (χ0n) is 11.0. The maximum atomic E-state index is 10.7. The van der Waals surface area contributed by atoms with Crippen LogP contribution >= 0.6 is 0 Å². The molecule has 0 aliphatic carbocycles. The number of aliphatic carboxylic acids is 1. The van der Waals surface area contributed by atoms with Crippen LogP contribution in [0.1, 0.15) is 72.1 Å². The summed E-state index contributed by atoms with van der Waals surface area (Å²) in [5, 5.41) is 8.79. The minimum atomic E-state index is -0.777.